The number of nitrogens with one attached hydrogen (secondary N) is 1. The molecule has 3 rings (SSSR count). The van der Waals surface area contributed by atoms with E-state index in [1.54, 1.807) is 0 Å². The normalized spacial score (nSPS) is 11.9. The van der Waals surface area contributed by atoms with Crippen LogP contribution in [0.5, 0.6) is 0 Å². The maximum Gasteiger partial charge on any atom is 0.230 e. The summed E-state index contributed by atoms with van der Waals surface area (Å²) in [5, 5.41) is 11.8. The molecule has 1 heterocycles. The number of benzene rings is 2. The van der Waals surface area contributed by atoms with E-state index < -0.39 is 0 Å². The second-order valence-electron chi connectivity index (χ2n) is 6.82. The van der Waals surface area contributed by atoms with Crippen molar-refractivity contribution in [2.45, 2.75) is 37.9 Å². The molecule has 7 heteroatoms. The van der Waals surface area contributed by atoms with Gasteiger partial charge in [-0.25, -0.2) is 4.68 Å². The Bertz CT molecular complexity index is 908. The van der Waals surface area contributed by atoms with Crippen molar-refractivity contribution in [1.82, 2.24) is 20.2 Å². The number of nitrogens with two attached hydrogens (primary N) is 1. The summed E-state index contributed by atoms with van der Waals surface area (Å²) < 4.78 is 1.43. The standard InChI is InChI=1S/C21H25N5OS/c1-15-8-12-18(13-9-15)20-24-25-21(26(20)22)28-14-19(27)23-16(2)10-11-17-6-4-3-5-7-17/h3-9,12-13,16H,10-11,14,22H2,1-2H3,(H,23,27)/t16-/m1/s1. The van der Waals surface area contributed by atoms with Crippen molar-refractivity contribution < 1.29 is 4.79 Å². The number of rotatable bonds is 8. The number of hydrogen-bond donors (Lipinski definition) is 2. The summed E-state index contributed by atoms with van der Waals surface area (Å²) in [4.78, 5) is 12.2. The van der Waals surface area contributed by atoms with Gasteiger partial charge in [-0.2, -0.15) is 0 Å². The zero-order valence-corrected chi connectivity index (χ0v) is 16.9. The Morgan fingerprint density at radius 1 is 1.14 bits per heavy atom. The van der Waals surface area contributed by atoms with Gasteiger partial charge in [-0.1, -0.05) is 71.9 Å². The van der Waals surface area contributed by atoms with Gasteiger partial charge >= 0.3 is 0 Å². The first-order valence-electron chi connectivity index (χ1n) is 9.26. The van der Waals surface area contributed by atoms with Gasteiger partial charge in [0.2, 0.25) is 11.1 Å². The van der Waals surface area contributed by atoms with Crippen LogP contribution in [-0.4, -0.2) is 32.6 Å². The highest BCUT2D eigenvalue weighted by Crippen LogP contribution is 2.21. The van der Waals surface area contributed by atoms with Gasteiger partial charge in [0, 0.05) is 11.6 Å². The SMILES string of the molecule is Cc1ccc(-c2nnc(SCC(=O)N[C@H](C)CCc3ccccc3)n2N)cc1. The first kappa shape index (κ1) is 19.9. The van der Waals surface area contributed by atoms with E-state index in [-0.39, 0.29) is 17.7 Å². The van der Waals surface area contributed by atoms with Crippen LogP contribution in [0.25, 0.3) is 11.4 Å². The number of carbonyl (C=O) groups excluding carboxylic acids is 1. The molecule has 0 spiro atoms. The smallest absolute Gasteiger partial charge is 0.230 e. The lowest BCUT2D eigenvalue weighted by atomic mass is 10.1. The molecular formula is C21H25N5OS. The summed E-state index contributed by atoms with van der Waals surface area (Å²) in [5.74, 6) is 6.91. The predicted octanol–water partition coefficient (Wildman–Crippen LogP) is 3.20. The summed E-state index contributed by atoms with van der Waals surface area (Å²) in [5.41, 5.74) is 3.34. The number of nitrogen functional groups attached to an aromatic ring is 1. The van der Waals surface area contributed by atoms with E-state index in [0.717, 1.165) is 18.4 Å². The second kappa shape index (κ2) is 9.41. The fourth-order valence-corrected chi connectivity index (χ4v) is 3.49. The minimum absolute atomic E-state index is 0.0366. The molecule has 3 aromatic rings. The van der Waals surface area contributed by atoms with E-state index in [0.29, 0.717) is 11.0 Å². The van der Waals surface area contributed by atoms with Crippen LogP contribution in [0.1, 0.15) is 24.5 Å². The zero-order chi connectivity index (χ0) is 19.9. The van der Waals surface area contributed by atoms with Crippen LogP contribution in [0.4, 0.5) is 0 Å². The van der Waals surface area contributed by atoms with Crippen molar-refractivity contribution in [3.63, 3.8) is 0 Å². The molecule has 0 bridgehead atoms. The lowest BCUT2D eigenvalue weighted by molar-refractivity contribution is -0.119. The summed E-state index contributed by atoms with van der Waals surface area (Å²) in [6.07, 6.45) is 1.83. The van der Waals surface area contributed by atoms with Crippen LogP contribution in [0.15, 0.2) is 59.8 Å². The van der Waals surface area contributed by atoms with Crippen LogP contribution >= 0.6 is 11.8 Å². The fourth-order valence-electron chi connectivity index (χ4n) is 2.82. The maximum atomic E-state index is 12.2. The number of hydrogen-bond acceptors (Lipinski definition) is 5. The highest BCUT2D eigenvalue weighted by Gasteiger charge is 2.14. The lowest BCUT2D eigenvalue weighted by Gasteiger charge is -2.13. The molecule has 3 N–H and O–H groups in total. The molecule has 0 unspecified atom stereocenters. The number of thioether (sulfide) groups is 1. The quantitative estimate of drug-likeness (QED) is 0.452. The van der Waals surface area contributed by atoms with Crippen LogP contribution in [0.2, 0.25) is 0 Å². The molecule has 2 aromatic carbocycles. The van der Waals surface area contributed by atoms with E-state index in [2.05, 4.69) is 27.6 Å². The number of nitrogens with zero attached hydrogens (tertiary/aromatic N) is 3. The highest BCUT2D eigenvalue weighted by molar-refractivity contribution is 7.99. The van der Waals surface area contributed by atoms with Gasteiger partial charge in [0.15, 0.2) is 5.82 Å². The largest absolute Gasteiger partial charge is 0.353 e. The Labute approximate surface area is 169 Å². The summed E-state index contributed by atoms with van der Waals surface area (Å²) in [6, 6.07) is 18.3. The molecule has 0 radical (unpaired) electrons. The minimum atomic E-state index is -0.0366. The predicted molar refractivity (Wildman–Crippen MR) is 113 cm³/mol. The summed E-state index contributed by atoms with van der Waals surface area (Å²) >= 11 is 1.28. The molecule has 1 atom stereocenters. The Balaban J connectivity index is 1.48. The molecule has 146 valence electrons. The molecular weight excluding hydrogens is 370 g/mol. The first-order valence-corrected chi connectivity index (χ1v) is 10.2. The van der Waals surface area contributed by atoms with Crippen molar-refractivity contribution in [3.8, 4) is 11.4 Å². The van der Waals surface area contributed by atoms with Crippen molar-refractivity contribution >= 4 is 17.7 Å². The molecule has 28 heavy (non-hydrogen) atoms. The number of carbonyl (C=O) groups is 1. The number of aryl methyl sites for hydroxylation is 2. The molecule has 1 aromatic heterocycles. The highest BCUT2D eigenvalue weighted by atomic mass is 32.2. The minimum Gasteiger partial charge on any atom is -0.353 e. The number of amides is 1. The average Bonchev–Trinajstić information content (AvgIpc) is 3.07. The van der Waals surface area contributed by atoms with Crippen LogP contribution < -0.4 is 11.2 Å². The van der Waals surface area contributed by atoms with Crippen molar-refractivity contribution in [2.75, 3.05) is 11.6 Å². The third-order valence-electron chi connectivity index (χ3n) is 4.42. The van der Waals surface area contributed by atoms with Crippen LogP contribution in [0, 0.1) is 6.92 Å². The van der Waals surface area contributed by atoms with Crippen LogP contribution in [0.3, 0.4) is 0 Å². The lowest BCUT2D eigenvalue weighted by Crippen LogP contribution is -2.34. The summed E-state index contributed by atoms with van der Waals surface area (Å²) in [6.45, 7) is 4.05. The third kappa shape index (κ3) is 5.36. The van der Waals surface area contributed by atoms with Gasteiger partial charge in [0.25, 0.3) is 0 Å². The van der Waals surface area contributed by atoms with Crippen molar-refractivity contribution in [3.05, 3.63) is 65.7 Å². The van der Waals surface area contributed by atoms with Crippen molar-refractivity contribution in [2.24, 2.45) is 0 Å². The molecule has 0 fully saturated rings. The monoisotopic (exact) mass is 395 g/mol. The Kier molecular flexibility index (Phi) is 6.71. The topological polar surface area (TPSA) is 85.8 Å². The first-order chi connectivity index (χ1) is 13.5. The zero-order valence-electron chi connectivity index (χ0n) is 16.1. The van der Waals surface area contributed by atoms with Gasteiger partial charge in [0.05, 0.1) is 5.75 Å². The Hall–Kier alpha value is -2.80. The Morgan fingerprint density at radius 2 is 1.86 bits per heavy atom. The molecule has 0 aliphatic heterocycles. The summed E-state index contributed by atoms with van der Waals surface area (Å²) in [7, 11) is 0. The molecule has 1 amide bonds. The van der Waals surface area contributed by atoms with E-state index in [9.17, 15) is 4.79 Å². The molecule has 0 saturated heterocycles. The van der Waals surface area contributed by atoms with E-state index in [1.165, 1.54) is 27.6 Å². The van der Waals surface area contributed by atoms with Crippen molar-refractivity contribution in [1.29, 1.82) is 0 Å². The second-order valence-corrected chi connectivity index (χ2v) is 7.77. The molecule has 6 nitrogen and oxygen atoms in total. The van der Waals surface area contributed by atoms with E-state index >= 15 is 0 Å². The van der Waals surface area contributed by atoms with Gasteiger partial charge in [-0.05, 0) is 32.3 Å². The maximum absolute atomic E-state index is 12.2. The Morgan fingerprint density at radius 3 is 2.57 bits per heavy atom. The van der Waals surface area contributed by atoms with E-state index in [4.69, 9.17) is 5.84 Å². The average molecular weight is 396 g/mol. The molecule has 0 aliphatic rings. The van der Waals surface area contributed by atoms with E-state index in [1.807, 2.05) is 56.3 Å². The van der Waals surface area contributed by atoms with Gasteiger partial charge in [-0.3, -0.25) is 4.79 Å². The van der Waals surface area contributed by atoms with Gasteiger partial charge in [-0.15, -0.1) is 10.2 Å². The fraction of sp³-hybridized carbons (Fsp3) is 0.286. The van der Waals surface area contributed by atoms with Crippen LogP contribution in [-0.2, 0) is 11.2 Å². The van der Waals surface area contributed by atoms with Gasteiger partial charge < -0.3 is 11.2 Å². The number of aromatic nitrogens is 3. The van der Waals surface area contributed by atoms with Gasteiger partial charge in [0.1, 0.15) is 0 Å². The molecule has 0 saturated carbocycles. The third-order valence-corrected chi connectivity index (χ3v) is 5.37. The molecule has 0 aliphatic carbocycles.